The Morgan fingerprint density at radius 1 is 1.19 bits per heavy atom. The van der Waals surface area contributed by atoms with Crippen LogP contribution in [0, 0.1) is 13.8 Å². The van der Waals surface area contributed by atoms with Gasteiger partial charge in [-0.15, -0.1) is 0 Å². The maximum absolute atomic E-state index is 13.9. The fourth-order valence-corrected chi connectivity index (χ4v) is 3.98. The number of hydrogen-bond acceptors (Lipinski definition) is 4. The van der Waals surface area contributed by atoms with E-state index in [0.29, 0.717) is 30.0 Å². The number of aromatic nitrogens is 3. The summed E-state index contributed by atoms with van der Waals surface area (Å²) in [7, 11) is 0. The number of rotatable bonds is 4. The van der Waals surface area contributed by atoms with Crippen molar-refractivity contribution in [3.05, 3.63) is 59.5 Å². The Kier molecular flexibility index (Phi) is 5.71. The fourth-order valence-electron chi connectivity index (χ4n) is 3.98. The summed E-state index contributed by atoms with van der Waals surface area (Å²) in [6, 6.07) is 7.52. The first-order valence-corrected chi connectivity index (χ1v) is 10.3. The summed E-state index contributed by atoms with van der Waals surface area (Å²) in [6.45, 7) is 4.38. The first-order valence-electron chi connectivity index (χ1n) is 10.3. The number of amides is 1. The molecule has 2 N–H and O–H groups in total. The van der Waals surface area contributed by atoms with Crippen LogP contribution in [0.25, 0.3) is 11.1 Å². The van der Waals surface area contributed by atoms with E-state index >= 15 is 0 Å². The van der Waals surface area contributed by atoms with Crippen molar-refractivity contribution in [2.24, 2.45) is 0 Å². The number of H-pyrrole nitrogens is 1. The molecule has 3 aromatic rings. The second-order valence-corrected chi connectivity index (χ2v) is 8.00. The third kappa shape index (κ3) is 4.57. The second-order valence-electron chi connectivity index (χ2n) is 8.00. The molecule has 0 bridgehead atoms. The van der Waals surface area contributed by atoms with Gasteiger partial charge < -0.3 is 10.2 Å². The molecule has 1 saturated heterocycles. The van der Waals surface area contributed by atoms with E-state index in [1.165, 1.54) is 0 Å². The summed E-state index contributed by atoms with van der Waals surface area (Å²) in [5, 5.41) is 9.71. The third-order valence-corrected chi connectivity index (χ3v) is 5.65. The Morgan fingerprint density at radius 2 is 2.03 bits per heavy atom. The van der Waals surface area contributed by atoms with Crippen LogP contribution in [0.15, 0.2) is 42.9 Å². The summed E-state index contributed by atoms with van der Waals surface area (Å²) in [5.74, 6) is -2.57. The van der Waals surface area contributed by atoms with E-state index in [2.05, 4.69) is 20.5 Å². The first-order chi connectivity index (χ1) is 14.8. The van der Waals surface area contributed by atoms with E-state index < -0.39 is 5.92 Å². The first kappa shape index (κ1) is 21.0. The standard InChI is InChI=1S/C23H25F2N5O/c1-15-5-3-6-18(11-15)29-22(31)20-16(2)19(17-12-27-28-13-17)14-26-21(20)30-9-4-7-23(24,25)8-10-30/h3,5-6,11-14H,4,7-10H2,1-2H3,(H,27,28)(H,29,31). The van der Waals surface area contributed by atoms with Gasteiger partial charge in [-0.1, -0.05) is 12.1 Å². The maximum Gasteiger partial charge on any atom is 0.259 e. The molecule has 0 spiro atoms. The molecule has 1 fully saturated rings. The summed E-state index contributed by atoms with van der Waals surface area (Å²) in [4.78, 5) is 19.8. The largest absolute Gasteiger partial charge is 0.356 e. The number of nitrogens with one attached hydrogen (secondary N) is 2. The Bertz CT molecular complexity index is 1080. The number of carbonyl (C=O) groups excluding carboxylic acids is 1. The van der Waals surface area contributed by atoms with E-state index in [0.717, 1.165) is 22.3 Å². The molecule has 8 heteroatoms. The molecule has 6 nitrogen and oxygen atoms in total. The SMILES string of the molecule is Cc1cccc(NC(=O)c2c(N3CCCC(F)(F)CC3)ncc(-c3cn[nH]c3)c2C)c1. The summed E-state index contributed by atoms with van der Waals surface area (Å²) >= 11 is 0. The summed E-state index contributed by atoms with van der Waals surface area (Å²) < 4.78 is 27.9. The van der Waals surface area contributed by atoms with Crippen LogP contribution in [-0.2, 0) is 0 Å². The number of nitrogens with zero attached hydrogens (tertiary/aromatic N) is 3. The highest BCUT2D eigenvalue weighted by molar-refractivity contribution is 6.09. The van der Waals surface area contributed by atoms with E-state index in [1.54, 1.807) is 23.5 Å². The van der Waals surface area contributed by atoms with Gasteiger partial charge in [0.2, 0.25) is 5.92 Å². The fraction of sp³-hybridized carbons (Fsp3) is 0.348. The average molecular weight is 425 g/mol. The highest BCUT2D eigenvalue weighted by Gasteiger charge is 2.33. The number of aryl methyl sites for hydroxylation is 1. The highest BCUT2D eigenvalue weighted by atomic mass is 19.3. The molecule has 3 heterocycles. The van der Waals surface area contributed by atoms with Crippen LogP contribution in [0.3, 0.4) is 0 Å². The van der Waals surface area contributed by atoms with E-state index in [-0.39, 0.29) is 25.3 Å². The zero-order valence-corrected chi connectivity index (χ0v) is 17.6. The summed E-state index contributed by atoms with van der Waals surface area (Å²) in [6.07, 6.45) is 5.02. The highest BCUT2D eigenvalue weighted by Crippen LogP contribution is 2.34. The van der Waals surface area contributed by atoms with Gasteiger partial charge in [0.05, 0.1) is 11.8 Å². The molecular formula is C23H25F2N5O. The van der Waals surface area contributed by atoms with Gasteiger partial charge in [0.15, 0.2) is 0 Å². The van der Waals surface area contributed by atoms with Crippen LogP contribution in [0.5, 0.6) is 0 Å². The quantitative estimate of drug-likeness (QED) is 0.619. The number of hydrogen-bond donors (Lipinski definition) is 2. The van der Waals surface area contributed by atoms with Crippen LogP contribution in [0.4, 0.5) is 20.3 Å². The van der Waals surface area contributed by atoms with Crippen molar-refractivity contribution in [3.8, 4) is 11.1 Å². The van der Waals surface area contributed by atoms with Crippen LogP contribution in [0.1, 0.15) is 40.7 Å². The lowest BCUT2D eigenvalue weighted by Gasteiger charge is -2.25. The molecule has 2 aromatic heterocycles. The predicted octanol–water partition coefficient (Wildman–Crippen LogP) is 4.97. The van der Waals surface area contributed by atoms with Gasteiger partial charge in [0, 0.05) is 55.1 Å². The van der Waals surface area contributed by atoms with Crippen molar-refractivity contribution >= 4 is 17.4 Å². The van der Waals surface area contributed by atoms with Crippen LogP contribution in [-0.4, -0.2) is 40.1 Å². The number of benzene rings is 1. The number of aromatic amines is 1. The Labute approximate surface area is 179 Å². The van der Waals surface area contributed by atoms with Crippen molar-refractivity contribution < 1.29 is 13.6 Å². The molecule has 1 aliphatic rings. The molecule has 0 radical (unpaired) electrons. The average Bonchev–Trinajstić information content (AvgIpc) is 3.18. The van der Waals surface area contributed by atoms with Crippen LogP contribution in [0.2, 0.25) is 0 Å². The normalized spacial score (nSPS) is 16.1. The van der Waals surface area contributed by atoms with Gasteiger partial charge >= 0.3 is 0 Å². The van der Waals surface area contributed by atoms with Crippen molar-refractivity contribution in [2.75, 3.05) is 23.3 Å². The molecule has 4 rings (SSSR count). The lowest BCUT2D eigenvalue weighted by molar-refractivity contribution is -0.0102. The zero-order valence-electron chi connectivity index (χ0n) is 17.6. The van der Waals surface area contributed by atoms with Gasteiger partial charge in [0.25, 0.3) is 5.91 Å². The van der Waals surface area contributed by atoms with E-state index in [1.807, 2.05) is 38.1 Å². The van der Waals surface area contributed by atoms with Crippen molar-refractivity contribution in [3.63, 3.8) is 0 Å². The molecule has 0 unspecified atom stereocenters. The summed E-state index contributed by atoms with van der Waals surface area (Å²) in [5.41, 5.74) is 4.40. The lowest BCUT2D eigenvalue weighted by Crippen LogP contribution is -2.30. The minimum Gasteiger partial charge on any atom is -0.356 e. The van der Waals surface area contributed by atoms with Crippen molar-refractivity contribution in [1.29, 1.82) is 0 Å². The zero-order chi connectivity index (χ0) is 22.0. The molecule has 1 aromatic carbocycles. The smallest absolute Gasteiger partial charge is 0.259 e. The molecular weight excluding hydrogens is 400 g/mol. The molecule has 1 aliphatic heterocycles. The Hall–Kier alpha value is -3.29. The molecule has 31 heavy (non-hydrogen) atoms. The minimum absolute atomic E-state index is 0.148. The maximum atomic E-state index is 13.9. The topological polar surface area (TPSA) is 73.9 Å². The number of carbonyl (C=O) groups is 1. The Morgan fingerprint density at radius 3 is 2.77 bits per heavy atom. The number of alkyl halides is 2. The molecule has 1 amide bonds. The van der Waals surface area contributed by atoms with Gasteiger partial charge in [-0.25, -0.2) is 13.8 Å². The van der Waals surface area contributed by atoms with Crippen LogP contribution < -0.4 is 10.2 Å². The third-order valence-electron chi connectivity index (χ3n) is 5.65. The second kappa shape index (κ2) is 8.45. The van der Waals surface area contributed by atoms with Crippen molar-refractivity contribution in [2.45, 2.75) is 39.0 Å². The van der Waals surface area contributed by atoms with Gasteiger partial charge in [0.1, 0.15) is 5.82 Å². The van der Waals surface area contributed by atoms with Crippen molar-refractivity contribution in [1.82, 2.24) is 15.2 Å². The van der Waals surface area contributed by atoms with Gasteiger partial charge in [-0.05, 0) is 43.5 Å². The van der Waals surface area contributed by atoms with Crippen LogP contribution >= 0.6 is 0 Å². The van der Waals surface area contributed by atoms with Gasteiger partial charge in [-0.3, -0.25) is 9.89 Å². The molecule has 162 valence electrons. The minimum atomic E-state index is -2.69. The van der Waals surface area contributed by atoms with E-state index in [9.17, 15) is 13.6 Å². The number of anilines is 2. The lowest BCUT2D eigenvalue weighted by atomic mass is 9.99. The number of pyridine rings is 1. The Balaban J connectivity index is 1.75. The molecule has 0 atom stereocenters. The van der Waals surface area contributed by atoms with Gasteiger partial charge in [-0.2, -0.15) is 5.10 Å². The molecule has 0 saturated carbocycles. The predicted molar refractivity (Wildman–Crippen MR) is 117 cm³/mol. The van der Waals surface area contributed by atoms with E-state index in [4.69, 9.17) is 0 Å². The monoisotopic (exact) mass is 425 g/mol. The number of halogens is 2. The molecule has 0 aliphatic carbocycles.